The van der Waals surface area contributed by atoms with Crippen LogP contribution in [-0.2, 0) is 11.1 Å². The van der Waals surface area contributed by atoms with Crippen molar-refractivity contribution < 1.29 is 54.3 Å². The predicted molar refractivity (Wildman–Crippen MR) is 424 cm³/mol. The quantitative estimate of drug-likeness (QED) is 0.0658. The Bertz CT molecular complexity index is 5780. The monoisotopic (exact) mass is 1760 g/mol. The fourth-order valence-electron chi connectivity index (χ4n) is 10.8. The minimum atomic E-state index is -1.22. The summed E-state index contributed by atoms with van der Waals surface area (Å²) in [4.78, 5) is 67.6. The van der Waals surface area contributed by atoms with Crippen LogP contribution in [0.15, 0.2) is 207 Å². The molecule has 4 N–H and O–H groups in total. The van der Waals surface area contributed by atoms with Gasteiger partial charge in [0.25, 0.3) is 23.6 Å². The maximum atomic E-state index is 14.5. The number of rotatable bonds is 16. The van der Waals surface area contributed by atoms with E-state index in [1.807, 2.05) is 0 Å². The van der Waals surface area contributed by atoms with Gasteiger partial charge in [0, 0.05) is 52.1 Å². The van der Waals surface area contributed by atoms with Crippen molar-refractivity contribution >= 4 is 140 Å². The number of nitriles is 4. The maximum Gasteiger partial charge on any atom is 0.252 e. The number of halogens is 18. The van der Waals surface area contributed by atoms with Gasteiger partial charge in [-0.3, -0.25) is 39.1 Å². The lowest BCUT2D eigenvalue weighted by Gasteiger charge is -2.31. The largest absolute Gasteiger partial charge is 0.339 e. The molecule has 0 saturated heterocycles. The molecule has 0 aliphatic rings. The number of carbonyl (C=O) groups is 4. The van der Waals surface area contributed by atoms with E-state index in [9.17, 15) is 54.3 Å². The first kappa shape index (κ1) is 88.5. The summed E-state index contributed by atoms with van der Waals surface area (Å²) < 4.78 is 112. The van der Waals surface area contributed by atoms with E-state index < -0.39 is 98.9 Å². The molecule has 0 aliphatic heterocycles. The molecular formula is C82H46Cl10F8N12O4. The Balaban J connectivity index is 0.000000177. The molecule has 4 heterocycles. The summed E-state index contributed by atoms with van der Waals surface area (Å²) >= 11 is 59.3. The van der Waals surface area contributed by atoms with Crippen LogP contribution in [0.3, 0.4) is 0 Å². The number of aromatic nitrogens is 4. The van der Waals surface area contributed by atoms with Crippen LogP contribution in [-0.4, -0.2) is 43.6 Å². The van der Waals surface area contributed by atoms with Crippen molar-refractivity contribution in [2.75, 3.05) is 0 Å². The van der Waals surface area contributed by atoms with Crippen LogP contribution in [0, 0.1) is 91.9 Å². The molecule has 12 aromatic rings. The zero-order valence-electron chi connectivity index (χ0n) is 58.8. The topological polar surface area (TPSA) is 263 Å². The van der Waals surface area contributed by atoms with Crippen LogP contribution in [0.2, 0.25) is 50.2 Å². The zero-order valence-corrected chi connectivity index (χ0v) is 66.4. The van der Waals surface area contributed by atoms with E-state index in [0.29, 0.717) is 63.2 Å². The smallest absolute Gasteiger partial charge is 0.252 e. The fraction of sp³-hybridized carbons (Fsp3) is 0.0732. The number of carbonyl (C=O) groups excluding carboxylic acids is 4. The van der Waals surface area contributed by atoms with E-state index in [1.165, 1.54) is 85.5 Å². The van der Waals surface area contributed by atoms with Crippen LogP contribution in [0.4, 0.5) is 35.1 Å². The van der Waals surface area contributed by atoms with Gasteiger partial charge in [-0.05, 0) is 188 Å². The lowest BCUT2D eigenvalue weighted by Crippen LogP contribution is -2.45. The Hall–Kier alpha value is -11.5. The van der Waals surface area contributed by atoms with Gasteiger partial charge in [0.1, 0.15) is 98.8 Å². The normalized spacial score (nSPS) is 12.1. The van der Waals surface area contributed by atoms with Crippen molar-refractivity contribution in [3.63, 3.8) is 0 Å². The predicted octanol–water partition coefficient (Wildman–Crippen LogP) is 21.9. The van der Waals surface area contributed by atoms with Gasteiger partial charge in [0.15, 0.2) is 0 Å². The van der Waals surface area contributed by atoms with E-state index in [0.717, 1.165) is 54.6 Å². The van der Waals surface area contributed by atoms with Crippen LogP contribution < -0.4 is 21.3 Å². The summed E-state index contributed by atoms with van der Waals surface area (Å²) in [6.45, 7) is 3.47. The number of benzene rings is 8. The molecule has 584 valence electrons. The molecule has 0 saturated carbocycles. The SMILES string of the molecule is CC(NC(=O)c1ccc(C#N)c(F)c1)(c1ccc(Cl)c(Cl)c1)c1ccc(Cl)cn1.CC(NC(=O)c1ccc(C#N)c(F)c1)(c1ccc(Cl)c(Cl)c1)c1ccc(Cl)cn1.N#Cc1c(F)cc(C(=O)N[C@@H](c2ccc(Cl)cc2)c2ncc(Cl)cc2F)cc1F.N#Cc1ccc(C(=O)N[C@@H](c2ccc(Cl)c(F)c2)c2ncc(Cl)cc2F)cc1F. The average molecular weight is 1770 g/mol. The van der Waals surface area contributed by atoms with Crippen molar-refractivity contribution in [1.82, 2.24) is 41.2 Å². The van der Waals surface area contributed by atoms with E-state index in [4.69, 9.17) is 137 Å². The number of amides is 4. The van der Waals surface area contributed by atoms with Crippen LogP contribution in [0.1, 0.15) is 135 Å². The molecule has 8 aromatic carbocycles. The minimum absolute atomic E-state index is 0.0350. The van der Waals surface area contributed by atoms with E-state index in [2.05, 4.69) is 41.2 Å². The van der Waals surface area contributed by atoms with Crippen LogP contribution >= 0.6 is 116 Å². The third-order valence-electron chi connectivity index (χ3n) is 16.9. The molecule has 4 atom stereocenters. The van der Waals surface area contributed by atoms with Crippen molar-refractivity contribution in [2.45, 2.75) is 37.0 Å². The van der Waals surface area contributed by atoms with Gasteiger partial charge in [-0.1, -0.05) is 146 Å². The Morgan fingerprint density at radius 1 is 0.328 bits per heavy atom. The Labute approximate surface area is 705 Å². The van der Waals surface area contributed by atoms with E-state index in [1.54, 1.807) is 105 Å². The zero-order chi connectivity index (χ0) is 84.6. The van der Waals surface area contributed by atoms with Gasteiger partial charge < -0.3 is 21.3 Å². The molecule has 2 unspecified atom stereocenters. The summed E-state index contributed by atoms with van der Waals surface area (Å²) in [6, 6.07) is 44.5. The highest BCUT2D eigenvalue weighted by Gasteiger charge is 2.36. The molecule has 4 aromatic heterocycles. The van der Waals surface area contributed by atoms with Crippen LogP contribution in [0.5, 0.6) is 0 Å². The molecule has 0 radical (unpaired) electrons. The van der Waals surface area contributed by atoms with Gasteiger partial charge in [0.05, 0.1) is 85.4 Å². The maximum absolute atomic E-state index is 14.5. The molecule has 0 fully saturated rings. The second kappa shape index (κ2) is 39.3. The van der Waals surface area contributed by atoms with Gasteiger partial charge in [-0.2, -0.15) is 21.0 Å². The van der Waals surface area contributed by atoms with Gasteiger partial charge >= 0.3 is 0 Å². The summed E-state index contributed by atoms with van der Waals surface area (Å²) in [7, 11) is 0. The van der Waals surface area contributed by atoms with Crippen molar-refractivity contribution in [2.24, 2.45) is 0 Å². The minimum Gasteiger partial charge on any atom is -0.339 e. The second-order valence-corrected chi connectivity index (χ2v) is 28.8. The molecule has 34 heteroatoms. The Kier molecular flexibility index (Phi) is 29.9. The molecule has 116 heavy (non-hydrogen) atoms. The summed E-state index contributed by atoms with van der Waals surface area (Å²) in [5.74, 6) is -9.99. The fourth-order valence-corrected chi connectivity index (χ4v) is 12.2. The van der Waals surface area contributed by atoms with Crippen LogP contribution in [0.25, 0.3) is 0 Å². The molecular weight excluding hydrogens is 1720 g/mol. The number of hydrogen-bond acceptors (Lipinski definition) is 12. The first-order valence-corrected chi connectivity index (χ1v) is 36.6. The molecule has 12 rings (SSSR count). The first-order valence-electron chi connectivity index (χ1n) is 32.8. The second-order valence-electron chi connectivity index (χ2n) is 24.6. The lowest BCUT2D eigenvalue weighted by molar-refractivity contribution is 0.0908. The van der Waals surface area contributed by atoms with E-state index in [-0.39, 0.29) is 71.0 Å². The highest BCUT2D eigenvalue weighted by Crippen LogP contribution is 2.37. The highest BCUT2D eigenvalue weighted by molar-refractivity contribution is 6.42. The summed E-state index contributed by atoms with van der Waals surface area (Å²) in [5, 5.41) is 48.6. The van der Waals surface area contributed by atoms with Crippen molar-refractivity contribution in [1.29, 1.82) is 21.0 Å². The van der Waals surface area contributed by atoms with E-state index >= 15 is 0 Å². The Morgan fingerprint density at radius 2 is 0.681 bits per heavy atom. The average Bonchev–Trinajstić information content (AvgIpc) is 0.778. The highest BCUT2D eigenvalue weighted by atomic mass is 35.5. The lowest BCUT2D eigenvalue weighted by atomic mass is 9.87. The molecule has 0 aliphatic carbocycles. The first-order chi connectivity index (χ1) is 55.1. The summed E-state index contributed by atoms with van der Waals surface area (Å²) in [6.07, 6.45) is 5.29. The van der Waals surface area contributed by atoms with Gasteiger partial charge in [-0.15, -0.1) is 0 Å². The summed E-state index contributed by atoms with van der Waals surface area (Å²) in [5.41, 5.74) is -1.55. The molecule has 16 nitrogen and oxygen atoms in total. The standard InChI is InChI=1S/2C21H13Cl3FN3O.2C20H10Cl2F3N3O/c2*1-21(19-7-5-15(22)11-27-19,14-4-6-16(23)17(24)9-14)28-20(29)12-2-3-13(10-26)18(25)8-12;21-12-3-1-10(2-4-12)18(19-17(25)7-13(22)9-27-19)28-20(29)11-5-15(23)14(8-26)16(24)6-11;21-13-7-17(25)19(27-9-13)18(10-3-4-14(22)16(24)5-10)28-20(29)11-1-2-12(8-26)15(23)6-11/h2*2-9,11H,1H3,(H,28,29);2*1-7,9,18H,(H,28,29)/t;;2*18-/m..00/s1. The number of nitrogens with one attached hydrogen (secondary N) is 4. The van der Waals surface area contributed by atoms with Crippen molar-refractivity contribution in [3.05, 3.63) is 393 Å². The molecule has 0 bridgehead atoms. The molecule has 4 amide bonds. The number of pyridine rings is 4. The third kappa shape index (κ3) is 21.7. The van der Waals surface area contributed by atoms with Gasteiger partial charge in [0.2, 0.25) is 0 Å². The Morgan fingerprint density at radius 3 is 1.03 bits per heavy atom. The van der Waals surface area contributed by atoms with Gasteiger partial charge in [-0.25, -0.2) is 35.1 Å². The number of nitrogens with zero attached hydrogens (tertiary/aromatic N) is 8. The molecule has 0 spiro atoms. The number of hydrogen-bond donors (Lipinski definition) is 4. The van der Waals surface area contributed by atoms with Crippen molar-refractivity contribution in [3.8, 4) is 24.3 Å². The third-order valence-corrected chi connectivity index (χ3v) is 19.8.